The van der Waals surface area contributed by atoms with Gasteiger partial charge in [0, 0.05) is 35.5 Å². The maximum Gasteiger partial charge on any atom is 0.190 e. The highest BCUT2D eigenvalue weighted by atomic mass is 16.4. The van der Waals surface area contributed by atoms with Gasteiger partial charge in [-0.25, -0.2) is 0 Å². The lowest BCUT2D eigenvalue weighted by atomic mass is 9.59. The molecule has 0 aromatic carbocycles. The predicted molar refractivity (Wildman–Crippen MR) is 92.8 cm³/mol. The van der Waals surface area contributed by atoms with E-state index in [0.717, 1.165) is 0 Å². The standard InChI is InChI=1S/C20H28O6/c1-9-5-13-18(24,15(9)22)7-11(8-21)6-12-14-17(3,4)20(14,26)16(23)10(2)19(12,13)25/h5-6,10,12-14,16,21,23-26H,7-8H2,1-4H3/t10-,12+,13-,14-,16-,18+,19-,20-/m1/s1. The van der Waals surface area contributed by atoms with Crippen LogP contribution in [0.4, 0.5) is 0 Å². The second-order valence-corrected chi connectivity index (χ2v) is 9.41. The quantitative estimate of drug-likeness (QED) is 0.416. The van der Waals surface area contributed by atoms with Crippen LogP contribution in [0.5, 0.6) is 0 Å². The topological polar surface area (TPSA) is 118 Å². The van der Waals surface area contributed by atoms with Gasteiger partial charge in [-0.05, 0) is 18.1 Å². The van der Waals surface area contributed by atoms with Crippen molar-refractivity contribution >= 4 is 5.78 Å². The monoisotopic (exact) mass is 364 g/mol. The molecule has 6 heteroatoms. The van der Waals surface area contributed by atoms with Crippen LogP contribution in [0.3, 0.4) is 0 Å². The van der Waals surface area contributed by atoms with Crippen LogP contribution in [-0.4, -0.2) is 60.8 Å². The Morgan fingerprint density at radius 3 is 2.38 bits per heavy atom. The van der Waals surface area contributed by atoms with Crippen molar-refractivity contribution in [3.63, 3.8) is 0 Å². The zero-order valence-corrected chi connectivity index (χ0v) is 15.6. The fourth-order valence-electron chi connectivity index (χ4n) is 6.45. The number of rotatable bonds is 1. The summed E-state index contributed by atoms with van der Waals surface area (Å²) in [5, 5.41) is 54.9. The third-order valence-corrected chi connectivity index (χ3v) is 8.04. The summed E-state index contributed by atoms with van der Waals surface area (Å²) >= 11 is 0. The molecule has 0 aromatic rings. The van der Waals surface area contributed by atoms with Crippen molar-refractivity contribution in [2.24, 2.45) is 29.1 Å². The Hall–Kier alpha value is -1.05. The summed E-state index contributed by atoms with van der Waals surface area (Å²) < 4.78 is 0. The van der Waals surface area contributed by atoms with Gasteiger partial charge in [0.2, 0.25) is 0 Å². The number of aliphatic hydroxyl groups excluding tert-OH is 2. The third kappa shape index (κ3) is 1.69. The summed E-state index contributed by atoms with van der Waals surface area (Å²) in [7, 11) is 0. The zero-order chi connectivity index (χ0) is 19.4. The molecule has 26 heavy (non-hydrogen) atoms. The second kappa shape index (κ2) is 4.86. The highest BCUT2D eigenvalue weighted by Gasteiger charge is 2.84. The van der Waals surface area contributed by atoms with Gasteiger partial charge in [-0.15, -0.1) is 0 Å². The van der Waals surface area contributed by atoms with Crippen molar-refractivity contribution in [2.75, 3.05) is 6.61 Å². The van der Waals surface area contributed by atoms with E-state index in [1.807, 2.05) is 13.8 Å². The first kappa shape index (κ1) is 18.3. The second-order valence-electron chi connectivity index (χ2n) is 9.41. The number of ketones is 1. The van der Waals surface area contributed by atoms with E-state index in [-0.39, 0.29) is 13.0 Å². The first-order valence-electron chi connectivity index (χ1n) is 9.27. The normalized spacial score (nSPS) is 54.5. The molecule has 0 unspecified atom stereocenters. The van der Waals surface area contributed by atoms with Crippen LogP contribution in [-0.2, 0) is 4.79 Å². The molecule has 0 saturated heterocycles. The van der Waals surface area contributed by atoms with Crippen molar-refractivity contribution in [2.45, 2.75) is 57.0 Å². The Morgan fingerprint density at radius 2 is 1.81 bits per heavy atom. The van der Waals surface area contributed by atoms with Crippen LogP contribution in [0.2, 0.25) is 0 Å². The summed E-state index contributed by atoms with van der Waals surface area (Å²) in [6.07, 6.45) is 2.08. The third-order valence-electron chi connectivity index (χ3n) is 8.04. The Labute approximate surface area is 152 Å². The Bertz CT molecular complexity index is 753. The summed E-state index contributed by atoms with van der Waals surface area (Å²) in [4.78, 5) is 12.7. The summed E-state index contributed by atoms with van der Waals surface area (Å²) in [5.74, 6) is -3.14. The molecule has 0 aromatic heterocycles. The molecule has 0 amide bonds. The smallest absolute Gasteiger partial charge is 0.190 e. The lowest BCUT2D eigenvalue weighted by molar-refractivity contribution is -0.209. The molecule has 8 atom stereocenters. The number of carbonyl (C=O) groups is 1. The predicted octanol–water partition coefficient (Wildman–Crippen LogP) is -0.0699. The van der Waals surface area contributed by atoms with Crippen LogP contribution in [0, 0.1) is 29.1 Å². The van der Waals surface area contributed by atoms with Gasteiger partial charge < -0.3 is 25.5 Å². The van der Waals surface area contributed by atoms with Crippen molar-refractivity contribution in [1.29, 1.82) is 0 Å². The Morgan fingerprint density at radius 1 is 1.19 bits per heavy atom. The van der Waals surface area contributed by atoms with Crippen molar-refractivity contribution < 1.29 is 30.3 Å². The van der Waals surface area contributed by atoms with Gasteiger partial charge in [0.05, 0.1) is 18.3 Å². The van der Waals surface area contributed by atoms with Gasteiger partial charge in [0.25, 0.3) is 0 Å². The van der Waals surface area contributed by atoms with E-state index < -0.39 is 57.8 Å². The van der Waals surface area contributed by atoms with Crippen LogP contribution >= 0.6 is 0 Å². The average Bonchev–Trinajstić information content (AvgIpc) is 2.97. The molecule has 4 aliphatic carbocycles. The highest BCUT2D eigenvalue weighted by molar-refractivity contribution is 6.04. The van der Waals surface area contributed by atoms with E-state index in [0.29, 0.717) is 11.1 Å². The zero-order valence-electron chi connectivity index (χ0n) is 15.6. The number of hydrogen-bond donors (Lipinski definition) is 5. The first-order valence-corrected chi connectivity index (χ1v) is 9.27. The van der Waals surface area contributed by atoms with Crippen molar-refractivity contribution in [3.05, 3.63) is 23.3 Å². The maximum atomic E-state index is 12.7. The van der Waals surface area contributed by atoms with Gasteiger partial charge in [-0.1, -0.05) is 32.9 Å². The summed E-state index contributed by atoms with van der Waals surface area (Å²) in [6, 6.07) is 0. The van der Waals surface area contributed by atoms with E-state index >= 15 is 0 Å². The fourth-order valence-corrected chi connectivity index (χ4v) is 6.45. The molecular formula is C20H28O6. The van der Waals surface area contributed by atoms with Gasteiger partial charge >= 0.3 is 0 Å². The van der Waals surface area contributed by atoms with E-state index in [9.17, 15) is 30.3 Å². The van der Waals surface area contributed by atoms with E-state index in [2.05, 4.69) is 0 Å². The number of fused-ring (bicyclic) bond motifs is 5. The SMILES string of the molecule is CC1=C[C@H]2[C@@]3(O)[C@H](C)[C@@H](O)[C@]4(O)[C@H]([C@@H]3C=C(CO)C[C@@]2(O)C1=O)C4(C)C. The minimum Gasteiger partial charge on any atom is -0.392 e. The molecule has 0 spiro atoms. The molecule has 0 radical (unpaired) electrons. The molecule has 5 N–H and O–H groups in total. The minimum absolute atomic E-state index is 0.0615. The van der Waals surface area contributed by atoms with Crippen LogP contribution < -0.4 is 0 Å². The van der Waals surface area contributed by atoms with Crippen LogP contribution in [0.25, 0.3) is 0 Å². The molecule has 2 fully saturated rings. The number of Topliss-reactive ketones (excluding diaryl/α,β-unsaturated/α-hetero) is 1. The first-order chi connectivity index (χ1) is 11.9. The number of aliphatic hydroxyl groups is 5. The van der Waals surface area contributed by atoms with Gasteiger partial charge in [0.1, 0.15) is 11.2 Å². The molecule has 0 aliphatic heterocycles. The maximum absolute atomic E-state index is 12.7. The average molecular weight is 364 g/mol. The van der Waals surface area contributed by atoms with Crippen LogP contribution in [0.1, 0.15) is 34.1 Å². The largest absolute Gasteiger partial charge is 0.392 e. The molecule has 0 heterocycles. The lowest BCUT2D eigenvalue weighted by Crippen LogP contribution is -2.65. The van der Waals surface area contributed by atoms with Crippen LogP contribution in [0.15, 0.2) is 23.3 Å². The number of carbonyl (C=O) groups excluding carboxylic acids is 1. The Kier molecular flexibility index (Phi) is 3.42. The van der Waals surface area contributed by atoms with Gasteiger partial charge in [-0.3, -0.25) is 4.79 Å². The molecule has 0 bridgehead atoms. The lowest BCUT2D eigenvalue weighted by Gasteiger charge is -2.51. The highest BCUT2D eigenvalue weighted by Crippen LogP contribution is 2.74. The Balaban J connectivity index is 1.96. The van der Waals surface area contributed by atoms with E-state index in [4.69, 9.17) is 0 Å². The van der Waals surface area contributed by atoms with E-state index in [1.165, 1.54) is 0 Å². The minimum atomic E-state index is -1.84. The van der Waals surface area contributed by atoms with Gasteiger partial charge in [0.15, 0.2) is 5.78 Å². The molecular weight excluding hydrogens is 336 g/mol. The van der Waals surface area contributed by atoms with Gasteiger partial charge in [-0.2, -0.15) is 0 Å². The molecule has 4 rings (SSSR count). The number of hydrogen-bond acceptors (Lipinski definition) is 6. The molecule has 6 nitrogen and oxygen atoms in total. The molecule has 144 valence electrons. The van der Waals surface area contributed by atoms with E-state index in [1.54, 1.807) is 26.0 Å². The van der Waals surface area contributed by atoms with Crippen molar-refractivity contribution in [1.82, 2.24) is 0 Å². The summed E-state index contributed by atoms with van der Waals surface area (Å²) in [6.45, 7) is 6.63. The fraction of sp³-hybridized carbons (Fsp3) is 0.750. The summed E-state index contributed by atoms with van der Waals surface area (Å²) in [5.41, 5.74) is -4.57. The van der Waals surface area contributed by atoms with Crippen molar-refractivity contribution in [3.8, 4) is 0 Å². The molecule has 4 aliphatic rings. The molecule has 2 saturated carbocycles.